The van der Waals surface area contributed by atoms with Crippen LogP contribution in [0.1, 0.15) is 40.0 Å². The van der Waals surface area contributed by atoms with Crippen LogP contribution in [0, 0.1) is 11.3 Å². The van der Waals surface area contributed by atoms with Crippen molar-refractivity contribution in [1.29, 1.82) is 0 Å². The number of nitrogens with one attached hydrogen (secondary N) is 1. The van der Waals surface area contributed by atoms with Gasteiger partial charge in [0.05, 0.1) is 0 Å². The van der Waals surface area contributed by atoms with Gasteiger partial charge in [-0.3, -0.25) is 4.79 Å². The summed E-state index contributed by atoms with van der Waals surface area (Å²) in [5, 5.41) is 14.7. The van der Waals surface area contributed by atoms with Crippen molar-refractivity contribution in [3.05, 3.63) is 0 Å². The zero-order valence-electron chi connectivity index (χ0n) is 10.2. The van der Waals surface area contributed by atoms with Crippen molar-refractivity contribution < 1.29 is 10.0 Å². The Morgan fingerprint density at radius 2 is 2.06 bits per heavy atom. The quantitative estimate of drug-likeness (QED) is 0.284. The van der Waals surface area contributed by atoms with Crippen LogP contribution < -0.4 is 11.1 Å². The third-order valence-corrected chi connectivity index (χ3v) is 3.67. The van der Waals surface area contributed by atoms with E-state index in [4.69, 9.17) is 10.9 Å². The number of carbonyl (C=O) groups excluding carboxylic acids is 1. The molecule has 0 aromatic heterocycles. The molecule has 0 aromatic rings. The zero-order chi connectivity index (χ0) is 12.3. The van der Waals surface area contributed by atoms with Crippen LogP contribution >= 0.6 is 0 Å². The Morgan fingerprint density at radius 1 is 1.56 bits per heavy atom. The number of amides is 1. The summed E-state index contributed by atoms with van der Waals surface area (Å²) in [6, 6.07) is 0.261. The third-order valence-electron chi connectivity index (χ3n) is 3.67. The van der Waals surface area contributed by atoms with E-state index >= 15 is 0 Å². The molecule has 1 amide bonds. The lowest BCUT2D eigenvalue weighted by Gasteiger charge is -2.28. The molecule has 1 rings (SSSR count). The first kappa shape index (κ1) is 12.8. The number of carbonyl (C=O) groups is 1. The van der Waals surface area contributed by atoms with E-state index in [1.807, 2.05) is 13.8 Å². The summed E-state index contributed by atoms with van der Waals surface area (Å²) in [6.45, 7) is 5.84. The molecule has 0 bridgehead atoms. The van der Waals surface area contributed by atoms with Crippen LogP contribution in [0.25, 0.3) is 0 Å². The molecule has 0 radical (unpaired) electrons. The maximum atomic E-state index is 12.1. The van der Waals surface area contributed by atoms with Crippen molar-refractivity contribution in [2.75, 3.05) is 0 Å². The lowest BCUT2D eigenvalue weighted by atomic mass is 9.80. The van der Waals surface area contributed by atoms with Crippen LogP contribution in [0.15, 0.2) is 5.16 Å². The largest absolute Gasteiger partial charge is 0.409 e. The first-order chi connectivity index (χ1) is 7.51. The van der Waals surface area contributed by atoms with E-state index in [1.54, 1.807) is 0 Å². The Labute approximate surface area is 96.1 Å². The minimum Gasteiger partial charge on any atom is -0.409 e. The highest BCUT2D eigenvalue weighted by Crippen LogP contribution is 2.33. The van der Waals surface area contributed by atoms with Gasteiger partial charge in [-0.2, -0.15) is 0 Å². The molecule has 1 fully saturated rings. The lowest BCUT2D eigenvalue weighted by Crippen LogP contribution is -2.50. The molecule has 0 heterocycles. The molecule has 16 heavy (non-hydrogen) atoms. The minimum atomic E-state index is -0.864. The van der Waals surface area contributed by atoms with E-state index in [0.29, 0.717) is 18.8 Å². The molecule has 5 nitrogen and oxygen atoms in total. The van der Waals surface area contributed by atoms with Crippen LogP contribution in [0.4, 0.5) is 0 Å². The first-order valence-corrected chi connectivity index (χ1v) is 5.80. The number of rotatable bonds is 5. The molecule has 2 unspecified atom stereocenters. The monoisotopic (exact) mass is 227 g/mol. The zero-order valence-corrected chi connectivity index (χ0v) is 10.2. The van der Waals surface area contributed by atoms with Gasteiger partial charge in [-0.15, -0.1) is 0 Å². The summed E-state index contributed by atoms with van der Waals surface area (Å²) in [7, 11) is 0. The topological polar surface area (TPSA) is 87.7 Å². The SMILES string of the molecule is CCC(CC)(C(=O)NC1CC1C)C(N)=NO. The fourth-order valence-electron chi connectivity index (χ4n) is 1.98. The maximum Gasteiger partial charge on any atom is 0.234 e. The van der Waals surface area contributed by atoms with Crippen LogP contribution in [-0.4, -0.2) is 23.0 Å². The Kier molecular flexibility index (Phi) is 3.78. The number of hydrogen-bond donors (Lipinski definition) is 3. The number of amidine groups is 1. The van der Waals surface area contributed by atoms with Crippen LogP contribution in [0.2, 0.25) is 0 Å². The second-order valence-corrected chi connectivity index (χ2v) is 4.57. The summed E-state index contributed by atoms with van der Waals surface area (Å²) >= 11 is 0. The van der Waals surface area contributed by atoms with Gasteiger partial charge in [0.2, 0.25) is 5.91 Å². The van der Waals surface area contributed by atoms with Gasteiger partial charge < -0.3 is 16.3 Å². The molecule has 5 heteroatoms. The molecule has 0 saturated heterocycles. The first-order valence-electron chi connectivity index (χ1n) is 5.80. The number of hydrogen-bond acceptors (Lipinski definition) is 3. The summed E-state index contributed by atoms with van der Waals surface area (Å²) < 4.78 is 0. The molecule has 4 N–H and O–H groups in total. The Morgan fingerprint density at radius 3 is 2.38 bits per heavy atom. The molecule has 1 saturated carbocycles. The Balaban J connectivity index is 2.79. The molecular formula is C11H21N3O2. The number of oxime groups is 1. The third kappa shape index (κ3) is 2.13. The van der Waals surface area contributed by atoms with Gasteiger partial charge >= 0.3 is 0 Å². The summed E-state index contributed by atoms with van der Waals surface area (Å²) in [6.07, 6.45) is 2.09. The molecule has 0 aliphatic heterocycles. The van der Waals surface area contributed by atoms with Crippen molar-refractivity contribution in [2.45, 2.75) is 46.1 Å². The van der Waals surface area contributed by atoms with Gasteiger partial charge in [-0.05, 0) is 25.2 Å². The van der Waals surface area contributed by atoms with E-state index in [1.165, 1.54) is 0 Å². The number of nitrogens with zero attached hydrogens (tertiary/aromatic N) is 1. The highest BCUT2D eigenvalue weighted by atomic mass is 16.4. The van der Waals surface area contributed by atoms with Gasteiger partial charge in [0.1, 0.15) is 5.41 Å². The molecule has 2 atom stereocenters. The molecule has 0 aromatic carbocycles. The highest BCUT2D eigenvalue weighted by Gasteiger charge is 2.43. The van der Waals surface area contributed by atoms with E-state index in [0.717, 1.165) is 6.42 Å². The van der Waals surface area contributed by atoms with Crippen LogP contribution in [0.5, 0.6) is 0 Å². The van der Waals surface area contributed by atoms with Crippen LogP contribution in [0.3, 0.4) is 0 Å². The minimum absolute atomic E-state index is 0.00306. The van der Waals surface area contributed by atoms with E-state index < -0.39 is 5.41 Å². The second kappa shape index (κ2) is 4.72. The smallest absolute Gasteiger partial charge is 0.234 e. The molecule has 0 spiro atoms. The number of nitrogens with two attached hydrogens (primary N) is 1. The fraction of sp³-hybridized carbons (Fsp3) is 0.818. The molecule has 1 aliphatic rings. The molecule has 92 valence electrons. The fourth-order valence-corrected chi connectivity index (χ4v) is 1.98. The van der Waals surface area contributed by atoms with Crippen molar-refractivity contribution in [3.8, 4) is 0 Å². The van der Waals surface area contributed by atoms with Crippen molar-refractivity contribution in [2.24, 2.45) is 22.2 Å². The summed E-state index contributed by atoms with van der Waals surface area (Å²) in [5.74, 6) is 0.424. The van der Waals surface area contributed by atoms with Gasteiger partial charge in [-0.1, -0.05) is 25.9 Å². The van der Waals surface area contributed by atoms with Gasteiger partial charge in [0, 0.05) is 6.04 Å². The predicted octanol–water partition coefficient (Wildman–Crippen LogP) is 1.06. The maximum absolute atomic E-state index is 12.1. The molecule has 1 aliphatic carbocycles. The highest BCUT2D eigenvalue weighted by molar-refractivity contribution is 6.06. The van der Waals surface area contributed by atoms with Crippen molar-refractivity contribution in [3.63, 3.8) is 0 Å². The van der Waals surface area contributed by atoms with Crippen molar-refractivity contribution in [1.82, 2.24) is 5.32 Å². The van der Waals surface area contributed by atoms with Gasteiger partial charge in [0.25, 0.3) is 0 Å². The summed E-state index contributed by atoms with van der Waals surface area (Å²) in [4.78, 5) is 12.1. The Hall–Kier alpha value is -1.26. The van der Waals surface area contributed by atoms with Gasteiger partial charge in [-0.25, -0.2) is 0 Å². The molecular weight excluding hydrogens is 206 g/mol. The second-order valence-electron chi connectivity index (χ2n) is 4.57. The van der Waals surface area contributed by atoms with Crippen LogP contribution in [-0.2, 0) is 4.79 Å². The average Bonchev–Trinajstić information content (AvgIpc) is 2.96. The Bertz CT molecular complexity index is 298. The van der Waals surface area contributed by atoms with Gasteiger partial charge in [0.15, 0.2) is 5.84 Å². The standard InChI is InChI=1S/C11H21N3O2/c1-4-11(5-2,9(12)14-16)10(15)13-8-6-7(8)3/h7-8,16H,4-6H2,1-3H3,(H2,12,14)(H,13,15). The lowest BCUT2D eigenvalue weighted by molar-refractivity contribution is -0.128. The normalized spacial score (nSPS) is 25.3. The average molecular weight is 227 g/mol. The predicted molar refractivity (Wildman–Crippen MR) is 62.1 cm³/mol. The van der Waals surface area contributed by atoms with Crippen molar-refractivity contribution >= 4 is 11.7 Å². The van der Waals surface area contributed by atoms with E-state index in [9.17, 15) is 4.79 Å². The van der Waals surface area contributed by atoms with E-state index in [-0.39, 0.29) is 17.8 Å². The summed E-state index contributed by atoms with van der Waals surface area (Å²) in [5.41, 5.74) is 4.78. The van der Waals surface area contributed by atoms with E-state index in [2.05, 4.69) is 17.4 Å².